The summed E-state index contributed by atoms with van der Waals surface area (Å²) in [7, 11) is 0. The molecule has 1 unspecified atom stereocenters. The number of amides is 1. The molecule has 0 aromatic carbocycles. The van der Waals surface area contributed by atoms with Crippen LogP contribution in [-0.4, -0.2) is 30.1 Å². The summed E-state index contributed by atoms with van der Waals surface area (Å²) < 4.78 is 0. The molecule has 0 radical (unpaired) electrons. The summed E-state index contributed by atoms with van der Waals surface area (Å²) in [6, 6.07) is 0. The fourth-order valence-corrected chi connectivity index (χ4v) is 3.03. The average molecular weight is 311 g/mol. The van der Waals surface area contributed by atoms with Crippen LogP contribution in [0.15, 0.2) is 0 Å². The van der Waals surface area contributed by atoms with Crippen LogP contribution in [0.25, 0.3) is 0 Å². The molecule has 0 spiro atoms. The van der Waals surface area contributed by atoms with Gasteiger partial charge in [0.2, 0.25) is 5.91 Å². The SMILES string of the molecule is CCCCCCCCCCCCCC(=O)NC(CC)N1CC1. The van der Waals surface area contributed by atoms with Crippen molar-refractivity contribution >= 4 is 5.91 Å². The highest BCUT2D eigenvalue weighted by Crippen LogP contribution is 2.13. The zero-order valence-electron chi connectivity index (χ0n) is 15.0. The van der Waals surface area contributed by atoms with E-state index in [2.05, 4.69) is 24.1 Å². The van der Waals surface area contributed by atoms with Gasteiger partial charge < -0.3 is 5.32 Å². The molecule has 0 aliphatic carbocycles. The Labute approximate surface area is 138 Å². The van der Waals surface area contributed by atoms with Gasteiger partial charge in [0.15, 0.2) is 0 Å². The predicted molar refractivity (Wildman–Crippen MR) is 94.9 cm³/mol. The van der Waals surface area contributed by atoms with Crippen LogP contribution >= 0.6 is 0 Å². The van der Waals surface area contributed by atoms with Gasteiger partial charge in [0.25, 0.3) is 0 Å². The van der Waals surface area contributed by atoms with E-state index in [1.165, 1.54) is 64.2 Å². The van der Waals surface area contributed by atoms with Crippen LogP contribution in [-0.2, 0) is 4.79 Å². The van der Waals surface area contributed by atoms with E-state index in [9.17, 15) is 4.79 Å². The molecule has 1 amide bonds. The van der Waals surface area contributed by atoms with Crippen molar-refractivity contribution in [2.24, 2.45) is 0 Å². The van der Waals surface area contributed by atoms with E-state index < -0.39 is 0 Å². The van der Waals surface area contributed by atoms with Crippen LogP contribution in [0.1, 0.15) is 97.3 Å². The van der Waals surface area contributed by atoms with E-state index in [1.807, 2.05) is 0 Å². The number of rotatable bonds is 15. The van der Waals surface area contributed by atoms with Crippen molar-refractivity contribution in [3.8, 4) is 0 Å². The summed E-state index contributed by atoms with van der Waals surface area (Å²) in [5, 5.41) is 3.15. The van der Waals surface area contributed by atoms with Crippen LogP contribution in [0, 0.1) is 0 Å². The second kappa shape index (κ2) is 12.9. The molecule has 0 aromatic heterocycles. The topological polar surface area (TPSA) is 32.1 Å². The summed E-state index contributed by atoms with van der Waals surface area (Å²) in [4.78, 5) is 14.2. The van der Waals surface area contributed by atoms with E-state index in [-0.39, 0.29) is 5.91 Å². The van der Waals surface area contributed by atoms with Crippen LogP contribution < -0.4 is 5.32 Å². The Bertz CT molecular complexity index is 277. The van der Waals surface area contributed by atoms with E-state index in [4.69, 9.17) is 0 Å². The van der Waals surface area contributed by atoms with Crippen molar-refractivity contribution in [2.45, 2.75) is 103 Å². The van der Waals surface area contributed by atoms with E-state index in [1.54, 1.807) is 0 Å². The smallest absolute Gasteiger partial charge is 0.221 e. The average Bonchev–Trinajstić information content (AvgIpc) is 3.35. The molecule has 130 valence electrons. The van der Waals surface area contributed by atoms with Crippen LogP contribution in [0.2, 0.25) is 0 Å². The Hall–Kier alpha value is -0.570. The van der Waals surface area contributed by atoms with Gasteiger partial charge in [-0.1, -0.05) is 78.1 Å². The van der Waals surface area contributed by atoms with Crippen molar-refractivity contribution in [1.29, 1.82) is 0 Å². The third kappa shape index (κ3) is 10.2. The highest BCUT2D eigenvalue weighted by molar-refractivity contribution is 5.76. The van der Waals surface area contributed by atoms with Gasteiger partial charge >= 0.3 is 0 Å². The molecular formula is C19H38N2O. The molecule has 1 rings (SSSR count). The molecule has 3 heteroatoms. The fraction of sp³-hybridized carbons (Fsp3) is 0.947. The first-order valence-corrected chi connectivity index (χ1v) is 9.81. The lowest BCUT2D eigenvalue weighted by atomic mass is 10.1. The minimum atomic E-state index is 0.245. The summed E-state index contributed by atoms with van der Waals surface area (Å²) in [5.41, 5.74) is 0. The van der Waals surface area contributed by atoms with E-state index in [0.29, 0.717) is 12.6 Å². The molecule has 1 atom stereocenters. The molecule has 1 heterocycles. The standard InChI is InChI=1S/C19H38N2O/c1-3-5-6-7-8-9-10-11-12-13-14-15-19(22)20-18(4-2)21-16-17-21/h18H,3-17H2,1-2H3,(H,20,22). The van der Waals surface area contributed by atoms with E-state index >= 15 is 0 Å². The second-order valence-corrected chi connectivity index (χ2v) is 6.81. The molecule has 22 heavy (non-hydrogen) atoms. The molecule has 0 bridgehead atoms. The molecule has 1 aliphatic rings. The highest BCUT2D eigenvalue weighted by Gasteiger charge is 2.26. The number of carbonyl (C=O) groups is 1. The quantitative estimate of drug-likeness (QED) is 0.346. The molecule has 0 aromatic rings. The third-order valence-corrected chi connectivity index (χ3v) is 4.64. The Morgan fingerprint density at radius 3 is 1.82 bits per heavy atom. The lowest BCUT2D eigenvalue weighted by Crippen LogP contribution is -2.39. The number of nitrogens with one attached hydrogen (secondary N) is 1. The fourth-order valence-electron chi connectivity index (χ4n) is 3.03. The maximum Gasteiger partial charge on any atom is 0.221 e. The monoisotopic (exact) mass is 310 g/mol. The number of hydrogen-bond donors (Lipinski definition) is 1. The Balaban J connectivity index is 1.81. The summed E-state index contributed by atoms with van der Waals surface area (Å²) >= 11 is 0. The van der Waals surface area contributed by atoms with Gasteiger partial charge in [-0.15, -0.1) is 0 Å². The normalized spacial score (nSPS) is 15.7. The maximum atomic E-state index is 11.9. The molecule has 3 nitrogen and oxygen atoms in total. The van der Waals surface area contributed by atoms with Crippen molar-refractivity contribution in [2.75, 3.05) is 13.1 Å². The second-order valence-electron chi connectivity index (χ2n) is 6.81. The lowest BCUT2D eigenvalue weighted by Gasteiger charge is -2.17. The van der Waals surface area contributed by atoms with Gasteiger partial charge in [0.1, 0.15) is 0 Å². The number of unbranched alkanes of at least 4 members (excludes halogenated alkanes) is 10. The van der Waals surface area contributed by atoms with Gasteiger partial charge in [-0.05, 0) is 12.8 Å². The predicted octanol–water partition coefficient (Wildman–Crippen LogP) is 4.86. The number of nitrogens with zero attached hydrogens (tertiary/aromatic N) is 1. The van der Waals surface area contributed by atoms with Crippen LogP contribution in [0.5, 0.6) is 0 Å². The molecule has 1 saturated heterocycles. The highest BCUT2D eigenvalue weighted by atomic mass is 16.1. The molecule has 0 saturated carbocycles. The van der Waals surface area contributed by atoms with Crippen molar-refractivity contribution in [3.63, 3.8) is 0 Å². The summed E-state index contributed by atoms with van der Waals surface area (Å²) in [6.07, 6.45) is 16.7. The first kappa shape index (κ1) is 19.5. The summed E-state index contributed by atoms with van der Waals surface area (Å²) in [6.45, 7) is 6.71. The number of hydrogen-bond acceptors (Lipinski definition) is 2. The van der Waals surface area contributed by atoms with Gasteiger partial charge in [-0.2, -0.15) is 0 Å². The van der Waals surface area contributed by atoms with Gasteiger partial charge in [-0.3, -0.25) is 9.69 Å². The van der Waals surface area contributed by atoms with Crippen molar-refractivity contribution in [3.05, 3.63) is 0 Å². The largest absolute Gasteiger partial charge is 0.341 e. The zero-order chi connectivity index (χ0) is 16.0. The molecule has 1 N–H and O–H groups in total. The van der Waals surface area contributed by atoms with Gasteiger partial charge in [0, 0.05) is 19.5 Å². The van der Waals surface area contributed by atoms with Crippen LogP contribution in [0.3, 0.4) is 0 Å². The summed E-state index contributed by atoms with van der Waals surface area (Å²) in [5.74, 6) is 0.245. The Kier molecular flexibility index (Phi) is 11.4. The lowest BCUT2D eigenvalue weighted by molar-refractivity contribution is -0.122. The molecule has 1 fully saturated rings. The van der Waals surface area contributed by atoms with Gasteiger partial charge in [-0.25, -0.2) is 0 Å². The first-order chi connectivity index (χ1) is 10.8. The minimum Gasteiger partial charge on any atom is -0.341 e. The Morgan fingerprint density at radius 1 is 0.864 bits per heavy atom. The van der Waals surface area contributed by atoms with Crippen LogP contribution in [0.4, 0.5) is 0 Å². The molecule has 1 aliphatic heterocycles. The third-order valence-electron chi connectivity index (χ3n) is 4.64. The van der Waals surface area contributed by atoms with E-state index in [0.717, 1.165) is 25.9 Å². The molecular weight excluding hydrogens is 272 g/mol. The van der Waals surface area contributed by atoms with Crippen molar-refractivity contribution in [1.82, 2.24) is 10.2 Å². The van der Waals surface area contributed by atoms with Gasteiger partial charge in [0.05, 0.1) is 6.17 Å². The van der Waals surface area contributed by atoms with Crippen molar-refractivity contribution < 1.29 is 4.79 Å². The minimum absolute atomic E-state index is 0.245. The maximum absolute atomic E-state index is 11.9. The first-order valence-electron chi connectivity index (χ1n) is 9.81. The number of carbonyl (C=O) groups excluding carboxylic acids is 1. The zero-order valence-corrected chi connectivity index (χ0v) is 15.0. The Morgan fingerprint density at radius 2 is 1.36 bits per heavy atom.